The normalized spacial score (nSPS) is 19.9. The van der Waals surface area contributed by atoms with Crippen LogP contribution in [0.1, 0.15) is 58.1 Å². The molecule has 1 aliphatic rings. The van der Waals surface area contributed by atoms with Crippen molar-refractivity contribution in [1.29, 1.82) is 0 Å². The summed E-state index contributed by atoms with van der Waals surface area (Å²) in [5.74, 6) is -5.61. The molecule has 1 N–H and O–H groups in total. The van der Waals surface area contributed by atoms with Crippen LogP contribution < -0.4 is 14.8 Å². The Morgan fingerprint density at radius 3 is 2.29 bits per heavy atom. The van der Waals surface area contributed by atoms with Gasteiger partial charge in [-0.3, -0.25) is 19.2 Å². The van der Waals surface area contributed by atoms with E-state index in [0.717, 1.165) is 5.56 Å². The minimum absolute atomic E-state index is 0. The molecule has 2 heterocycles. The topological polar surface area (TPSA) is 166 Å². The van der Waals surface area contributed by atoms with Crippen molar-refractivity contribution in [2.75, 3.05) is 20.5 Å². The summed E-state index contributed by atoms with van der Waals surface area (Å²) in [6, 6.07) is 9.03. The van der Waals surface area contributed by atoms with Gasteiger partial charge in [0.25, 0.3) is 5.91 Å². The highest BCUT2D eigenvalue weighted by Gasteiger charge is 2.42. The van der Waals surface area contributed by atoms with E-state index in [1.807, 2.05) is 18.2 Å². The van der Waals surface area contributed by atoms with Crippen LogP contribution in [0.15, 0.2) is 42.6 Å². The molecular weight excluding hydrogens is 588 g/mol. The Bertz CT molecular complexity index is 1330. The van der Waals surface area contributed by atoms with Gasteiger partial charge in [0.05, 0.1) is 18.9 Å². The average molecular weight is 631 g/mol. The van der Waals surface area contributed by atoms with Crippen LogP contribution in [0.2, 0.25) is 0 Å². The lowest BCUT2D eigenvalue weighted by atomic mass is 9.91. The summed E-state index contributed by atoms with van der Waals surface area (Å²) in [5, 5.41) is 2.46. The monoisotopic (exact) mass is 630 g/mol. The summed E-state index contributed by atoms with van der Waals surface area (Å²) in [6.07, 6.45) is -0.811. The van der Waals surface area contributed by atoms with Crippen molar-refractivity contribution < 1.29 is 52.4 Å². The number of amides is 1. The largest absolute Gasteiger partial charge is 0.493 e. The Hall–Kier alpha value is -4.68. The quantitative estimate of drug-likeness (QED) is 0.219. The minimum atomic E-state index is -1.45. The van der Waals surface area contributed by atoms with Crippen LogP contribution >= 0.6 is 0 Å². The molecule has 1 amide bonds. The number of aromatic nitrogens is 1. The molecule has 0 radical (unpaired) electrons. The van der Waals surface area contributed by atoms with Gasteiger partial charge in [-0.2, -0.15) is 0 Å². The van der Waals surface area contributed by atoms with E-state index < -0.39 is 79.2 Å². The molecule has 0 spiro atoms. The van der Waals surface area contributed by atoms with Crippen LogP contribution in [0.4, 0.5) is 0 Å². The van der Waals surface area contributed by atoms with Crippen molar-refractivity contribution in [3.05, 3.63) is 53.9 Å². The molecule has 0 aliphatic carbocycles. The lowest BCUT2D eigenvalue weighted by Crippen LogP contribution is -2.47. The highest BCUT2D eigenvalue weighted by Crippen LogP contribution is 2.30. The number of nitrogens with zero attached hydrogens (tertiary/aromatic N) is 1. The Kier molecular flexibility index (Phi) is 13.8. The summed E-state index contributed by atoms with van der Waals surface area (Å²) in [6.45, 7) is 6.98. The van der Waals surface area contributed by atoms with Gasteiger partial charge in [0.2, 0.25) is 6.79 Å². The Morgan fingerprint density at radius 2 is 1.67 bits per heavy atom. The zero-order chi connectivity index (χ0) is 32.4. The van der Waals surface area contributed by atoms with Crippen molar-refractivity contribution >= 4 is 29.8 Å². The first-order valence-corrected chi connectivity index (χ1v) is 14.2. The van der Waals surface area contributed by atoms with Gasteiger partial charge in [0.1, 0.15) is 18.6 Å². The third-order valence-corrected chi connectivity index (χ3v) is 6.65. The van der Waals surface area contributed by atoms with Crippen molar-refractivity contribution in [2.24, 2.45) is 17.8 Å². The second-order valence-electron chi connectivity index (χ2n) is 10.7. The van der Waals surface area contributed by atoms with E-state index in [-0.39, 0.29) is 31.0 Å². The first-order valence-electron chi connectivity index (χ1n) is 14.2. The summed E-state index contributed by atoms with van der Waals surface area (Å²) < 4.78 is 32.6. The second kappa shape index (κ2) is 17.0. The highest BCUT2D eigenvalue weighted by atomic mass is 16.7. The van der Waals surface area contributed by atoms with E-state index in [0.29, 0.717) is 0 Å². The smallest absolute Gasteiger partial charge is 0.332 e. The fourth-order valence-corrected chi connectivity index (χ4v) is 4.18. The Morgan fingerprint density at radius 1 is 1.00 bits per heavy atom. The standard InChI is InChI=1S/C31H38N2O11.CH4/c1-17(2)28(35)42-16-41-26-23(39-6)12-13-32-24(26)27(34)33-22-15-40-30(37)21(14-20-10-8-7-9-11-20)25(19(5)43-31(22)38)44-29(36)18(3)4;/h7-13,17-19,21-22,25H,14-16H2,1-6H3,(H,33,34);1H4/t19-,21+,22-,25-;/m0./s1. The number of ether oxygens (including phenoxy) is 6. The number of carbonyl (C=O) groups is 5. The van der Waals surface area contributed by atoms with E-state index in [1.54, 1.807) is 39.8 Å². The minimum Gasteiger partial charge on any atom is -0.493 e. The van der Waals surface area contributed by atoms with Gasteiger partial charge >= 0.3 is 23.9 Å². The fraction of sp³-hybridized carbons (Fsp3) is 0.500. The fourth-order valence-electron chi connectivity index (χ4n) is 4.18. The number of methoxy groups -OCH3 is 1. The van der Waals surface area contributed by atoms with Crippen molar-refractivity contribution in [2.45, 2.75) is 66.7 Å². The molecule has 45 heavy (non-hydrogen) atoms. The number of pyridine rings is 1. The van der Waals surface area contributed by atoms with E-state index in [1.165, 1.54) is 26.3 Å². The molecule has 1 saturated heterocycles. The molecule has 1 aliphatic heterocycles. The molecule has 1 aromatic heterocycles. The van der Waals surface area contributed by atoms with Crippen LogP contribution in [-0.4, -0.2) is 73.5 Å². The van der Waals surface area contributed by atoms with Crippen molar-refractivity contribution in [1.82, 2.24) is 10.3 Å². The van der Waals surface area contributed by atoms with Gasteiger partial charge in [-0.05, 0) is 18.9 Å². The SMILES string of the molecule is C.COc1ccnc(C(=O)N[C@H]2COC(=O)[C@H](Cc3ccccc3)[C@@H](OC(=O)C(C)C)[C@H](C)OC2=O)c1OCOC(=O)C(C)C. The van der Waals surface area contributed by atoms with E-state index in [4.69, 9.17) is 28.4 Å². The number of nitrogens with one attached hydrogen (secondary N) is 1. The highest BCUT2D eigenvalue weighted by molar-refractivity contribution is 5.98. The number of benzene rings is 1. The predicted octanol–water partition coefficient (Wildman–Crippen LogP) is 3.28. The second-order valence-corrected chi connectivity index (χ2v) is 10.7. The number of cyclic esters (lactones) is 2. The third kappa shape index (κ3) is 9.91. The predicted molar refractivity (Wildman–Crippen MR) is 160 cm³/mol. The van der Waals surface area contributed by atoms with Crippen LogP contribution in [-0.2, 0) is 44.5 Å². The van der Waals surface area contributed by atoms with Crippen molar-refractivity contribution in [3.63, 3.8) is 0 Å². The van der Waals surface area contributed by atoms with Gasteiger partial charge in [-0.25, -0.2) is 9.78 Å². The van der Waals surface area contributed by atoms with Crippen LogP contribution in [0.3, 0.4) is 0 Å². The average Bonchev–Trinajstić information content (AvgIpc) is 3.03. The van der Waals surface area contributed by atoms with E-state index in [9.17, 15) is 24.0 Å². The molecule has 0 unspecified atom stereocenters. The zero-order valence-corrected chi connectivity index (χ0v) is 25.6. The van der Waals surface area contributed by atoms with Gasteiger partial charge < -0.3 is 33.7 Å². The maximum Gasteiger partial charge on any atom is 0.332 e. The maximum atomic E-state index is 13.4. The maximum absolute atomic E-state index is 13.4. The van der Waals surface area contributed by atoms with Gasteiger partial charge in [0.15, 0.2) is 29.3 Å². The van der Waals surface area contributed by atoms with Gasteiger partial charge in [-0.1, -0.05) is 65.5 Å². The molecule has 1 aromatic carbocycles. The number of carbonyl (C=O) groups excluding carboxylic acids is 5. The lowest BCUT2D eigenvalue weighted by Gasteiger charge is -2.29. The Balaban J connectivity index is 0.00000705. The van der Waals surface area contributed by atoms with Crippen LogP contribution in [0.5, 0.6) is 11.5 Å². The molecule has 246 valence electrons. The van der Waals surface area contributed by atoms with E-state index >= 15 is 0 Å². The number of esters is 4. The lowest BCUT2D eigenvalue weighted by molar-refractivity contribution is -0.176. The molecule has 1 fully saturated rings. The molecular formula is C32H42N2O11. The number of hydrogen-bond donors (Lipinski definition) is 1. The number of rotatable bonds is 11. The molecule has 0 saturated carbocycles. The molecule has 4 atom stereocenters. The van der Waals surface area contributed by atoms with Crippen LogP contribution in [0, 0.1) is 17.8 Å². The van der Waals surface area contributed by atoms with Gasteiger partial charge in [-0.15, -0.1) is 0 Å². The molecule has 13 nitrogen and oxygen atoms in total. The van der Waals surface area contributed by atoms with Crippen LogP contribution in [0.25, 0.3) is 0 Å². The summed E-state index contributed by atoms with van der Waals surface area (Å²) >= 11 is 0. The molecule has 3 rings (SSSR count). The summed E-state index contributed by atoms with van der Waals surface area (Å²) in [5.41, 5.74) is 0.487. The third-order valence-electron chi connectivity index (χ3n) is 6.65. The first-order chi connectivity index (χ1) is 20.9. The zero-order valence-electron chi connectivity index (χ0n) is 25.6. The van der Waals surface area contributed by atoms with Crippen molar-refractivity contribution in [3.8, 4) is 11.5 Å². The number of hydrogen-bond acceptors (Lipinski definition) is 12. The first kappa shape index (κ1) is 36.5. The molecule has 2 aromatic rings. The summed E-state index contributed by atoms with van der Waals surface area (Å²) in [7, 11) is 1.34. The molecule has 0 bridgehead atoms. The summed E-state index contributed by atoms with van der Waals surface area (Å²) in [4.78, 5) is 68.5. The molecule has 13 heteroatoms. The Labute approximate surface area is 262 Å². The van der Waals surface area contributed by atoms with Gasteiger partial charge in [0, 0.05) is 12.3 Å². The van der Waals surface area contributed by atoms with E-state index in [2.05, 4.69) is 10.3 Å².